The molecular formula is C5H9ClN2. The second kappa shape index (κ2) is 1.24. The van der Waals surface area contributed by atoms with Crippen LogP contribution >= 0.6 is 11.6 Å². The average molecular weight is 133 g/mol. The molecule has 0 radical (unpaired) electrons. The Balaban J connectivity index is 2.61. The summed E-state index contributed by atoms with van der Waals surface area (Å²) in [5.74, 6) is 0. The molecule has 0 spiro atoms. The van der Waals surface area contributed by atoms with Crippen LogP contribution in [0, 0.1) is 5.41 Å². The van der Waals surface area contributed by atoms with Crippen LogP contribution in [0.1, 0.15) is 20.8 Å². The van der Waals surface area contributed by atoms with Crippen LogP contribution < -0.4 is 0 Å². The lowest BCUT2D eigenvalue weighted by Gasteiger charge is -2.18. The van der Waals surface area contributed by atoms with Gasteiger partial charge in [-0.15, -0.1) is 10.2 Å². The topological polar surface area (TPSA) is 24.7 Å². The zero-order valence-corrected chi connectivity index (χ0v) is 6.03. The molecule has 0 unspecified atom stereocenters. The predicted molar refractivity (Wildman–Crippen MR) is 32.9 cm³/mol. The molecule has 1 aliphatic heterocycles. The Morgan fingerprint density at radius 1 is 1.25 bits per heavy atom. The Kier molecular flexibility index (Phi) is 0.932. The van der Waals surface area contributed by atoms with Crippen molar-refractivity contribution >= 4 is 11.6 Å². The lowest BCUT2D eigenvalue weighted by Crippen LogP contribution is -2.23. The molecular weight excluding hydrogens is 124 g/mol. The van der Waals surface area contributed by atoms with Gasteiger partial charge in [0.1, 0.15) is 0 Å². The molecule has 0 bridgehead atoms. The lowest BCUT2D eigenvalue weighted by molar-refractivity contribution is 0.358. The minimum atomic E-state index is -0.590. The van der Waals surface area contributed by atoms with Gasteiger partial charge in [-0.1, -0.05) is 32.4 Å². The molecule has 0 aromatic carbocycles. The third-order valence-corrected chi connectivity index (χ3v) is 1.95. The van der Waals surface area contributed by atoms with Gasteiger partial charge in [0, 0.05) is 5.41 Å². The first-order chi connectivity index (χ1) is 3.46. The van der Waals surface area contributed by atoms with Gasteiger partial charge < -0.3 is 0 Å². The Bertz CT molecular complexity index is 125. The van der Waals surface area contributed by atoms with Crippen molar-refractivity contribution in [1.82, 2.24) is 0 Å². The maximum Gasteiger partial charge on any atom is 0.268 e. The lowest BCUT2D eigenvalue weighted by atomic mass is 9.94. The Labute approximate surface area is 53.9 Å². The molecule has 1 rings (SSSR count). The van der Waals surface area contributed by atoms with Gasteiger partial charge in [-0.25, -0.2) is 0 Å². The maximum atomic E-state index is 5.79. The maximum absolute atomic E-state index is 5.79. The van der Waals surface area contributed by atoms with E-state index in [1.165, 1.54) is 0 Å². The van der Waals surface area contributed by atoms with Crippen LogP contribution in [0.25, 0.3) is 0 Å². The third-order valence-electron chi connectivity index (χ3n) is 1.23. The Morgan fingerprint density at radius 3 is 1.62 bits per heavy atom. The second-order valence-electron chi connectivity index (χ2n) is 3.04. The number of halogens is 1. The molecule has 0 saturated carbocycles. The van der Waals surface area contributed by atoms with Crippen molar-refractivity contribution in [1.29, 1.82) is 0 Å². The van der Waals surface area contributed by atoms with E-state index in [2.05, 4.69) is 10.2 Å². The monoisotopic (exact) mass is 132 g/mol. The minimum Gasteiger partial charge on any atom is -0.140 e. The van der Waals surface area contributed by atoms with E-state index in [1.807, 2.05) is 20.8 Å². The van der Waals surface area contributed by atoms with Gasteiger partial charge in [0.05, 0.1) is 0 Å². The molecule has 2 nitrogen and oxygen atoms in total. The first-order valence-electron chi connectivity index (χ1n) is 2.59. The van der Waals surface area contributed by atoms with Crippen molar-refractivity contribution in [2.24, 2.45) is 15.6 Å². The summed E-state index contributed by atoms with van der Waals surface area (Å²) in [6, 6.07) is 0. The van der Waals surface area contributed by atoms with Crippen molar-refractivity contribution in [3.05, 3.63) is 0 Å². The number of rotatable bonds is 0. The van der Waals surface area contributed by atoms with Gasteiger partial charge in [0.25, 0.3) is 5.12 Å². The number of nitrogens with zero attached hydrogens (tertiary/aromatic N) is 2. The molecule has 46 valence electrons. The molecule has 0 N–H and O–H groups in total. The van der Waals surface area contributed by atoms with E-state index in [-0.39, 0.29) is 5.41 Å². The van der Waals surface area contributed by atoms with Crippen LogP contribution in [0.15, 0.2) is 10.2 Å². The summed E-state index contributed by atoms with van der Waals surface area (Å²) in [5, 5.41) is 6.80. The summed E-state index contributed by atoms with van der Waals surface area (Å²) in [7, 11) is 0. The van der Waals surface area contributed by atoms with Crippen LogP contribution in [-0.2, 0) is 0 Å². The fraction of sp³-hybridized carbons (Fsp3) is 1.00. The molecule has 1 heterocycles. The van der Waals surface area contributed by atoms with E-state index < -0.39 is 5.12 Å². The summed E-state index contributed by atoms with van der Waals surface area (Å²) < 4.78 is 0. The highest BCUT2D eigenvalue weighted by Crippen LogP contribution is 2.47. The highest BCUT2D eigenvalue weighted by atomic mass is 35.5. The molecule has 0 amide bonds. The van der Waals surface area contributed by atoms with Crippen molar-refractivity contribution in [2.75, 3.05) is 0 Å². The van der Waals surface area contributed by atoms with E-state index in [0.29, 0.717) is 0 Å². The summed E-state index contributed by atoms with van der Waals surface area (Å²) in [5.41, 5.74) is -0.0193. The average Bonchev–Trinajstić information content (AvgIpc) is 2.16. The first-order valence-corrected chi connectivity index (χ1v) is 2.96. The smallest absolute Gasteiger partial charge is 0.140 e. The molecule has 0 aromatic rings. The molecule has 8 heavy (non-hydrogen) atoms. The molecule has 0 fully saturated rings. The van der Waals surface area contributed by atoms with E-state index in [4.69, 9.17) is 11.6 Å². The standard InChI is InChI=1S/C5H9ClN2/c1-4(2,3)5(6)7-8-5/h1-3H3. The summed E-state index contributed by atoms with van der Waals surface area (Å²) in [6.07, 6.45) is 0. The fourth-order valence-corrected chi connectivity index (χ4v) is 0.382. The van der Waals surface area contributed by atoms with E-state index >= 15 is 0 Å². The quantitative estimate of drug-likeness (QED) is 0.357. The van der Waals surface area contributed by atoms with Crippen molar-refractivity contribution in [3.8, 4) is 0 Å². The Morgan fingerprint density at radius 2 is 1.62 bits per heavy atom. The molecule has 0 aliphatic carbocycles. The highest BCUT2D eigenvalue weighted by molar-refractivity contribution is 6.25. The zero-order chi connectivity index (χ0) is 6.41. The number of hydrogen-bond donors (Lipinski definition) is 0. The summed E-state index contributed by atoms with van der Waals surface area (Å²) >= 11 is 5.79. The molecule has 1 aliphatic rings. The highest BCUT2D eigenvalue weighted by Gasteiger charge is 2.49. The summed E-state index contributed by atoms with van der Waals surface area (Å²) in [6.45, 7) is 6.04. The van der Waals surface area contributed by atoms with Gasteiger partial charge in [-0.3, -0.25) is 0 Å². The third kappa shape index (κ3) is 0.730. The normalized spacial score (nSPS) is 23.5. The molecule has 0 aromatic heterocycles. The number of hydrogen-bond acceptors (Lipinski definition) is 2. The van der Waals surface area contributed by atoms with Crippen LogP contribution in [0.4, 0.5) is 0 Å². The van der Waals surface area contributed by atoms with Gasteiger partial charge >= 0.3 is 0 Å². The van der Waals surface area contributed by atoms with Gasteiger partial charge in [-0.05, 0) is 0 Å². The second-order valence-corrected chi connectivity index (χ2v) is 3.56. The summed E-state index contributed by atoms with van der Waals surface area (Å²) in [4.78, 5) is 0. The van der Waals surface area contributed by atoms with E-state index in [1.54, 1.807) is 0 Å². The molecule has 3 heteroatoms. The van der Waals surface area contributed by atoms with Gasteiger partial charge in [0.2, 0.25) is 0 Å². The van der Waals surface area contributed by atoms with Crippen molar-refractivity contribution in [3.63, 3.8) is 0 Å². The van der Waals surface area contributed by atoms with Crippen molar-refractivity contribution in [2.45, 2.75) is 25.9 Å². The SMILES string of the molecule is CC(C)(C)C1(Cl)N=N1. The van der Waals surface area contributed by atoms with Crippen LogP contribution in [0.5, 0.6) is 0 Å². The number of alkyl halides is 1. The van der Waals surface area contributed by atoms with Gasteiger partial charge in [-0.2, -0.15) is 0 Å². The largest absolute Gasteiger partial charge is 0.268 e. The molecule has 0 atom stereocenters. The molecule has 0 saturated heterocycles. The van der Waals surface area contributed by atoms with Crippen LogP contribution in [0.3, 0.4) is 0 Å². The van der Waals surface area contributed by atoms with Gasteiger partial charge in [0.15, 0.2) is 0 Å². The zero-order valence-electron chi connectivity index (χ0n) is 5.27. The van der Waals surface area contributed by atoms with Crippen molar-refractivity contribution < 1.29 is 0 Å². The van der Waals surface area contributed by atoms with E-state index in [9.17, 15) is 0 Å². The first kappa shape index (κ1) is 6.02. The fourth-order valence-electron chi connectivity index (χ4n) is 0.344. The van der Waals surface area contributed by atoms with Crippen LogP contribution in [-0.4, -0.2) is 5.12 Å². The predicted octanol–water partition coefficient (Wildman–Crippen LogP) is 2.39. The van der Waals surface area contributed by atoms with E-state index in [0.717, 1.165) is 0 Å². The van der Waals surface area contributed by atoms with Crippen LogP contribution in [0.2, 0.25) is 0 Å². The minimum absolute atomic E-state index is 0.0193. The Hall–Kier alpha value is -0.110.